The number of fused-ring (bicyclic) bond motifs is 1. The van der Waals surface area contributed by atoms with Gasteiger partial charge in [-0.1, -0.05) is 13.8 Å². The van der Waals surface area contributed by atoms with E-state index in [0.29, 0.717) is 12.3 Å². The van der Waals surface area contributed by atoms with E-state index in [9.17, 15) is 4.79 Å². The van der Waals surface area contributed by atoms with E-state index in [1.165, 1.54) is 0 Å². The Labute approximate surface area is 155 Å². The van der Waals surface area contributed by atoms with Crippen molar-refractivity contribution in [1.82, 2.24) is 25.7 Å². The van der Waals surface area contributed by atoms with Crippen LogP contribution in [0.3, 0.4) is 0 Å². The van der Waals surface area contributed by atoms with Gasteiger partial charge in [0.05, 0.1) is 24.4 Å². The third kappa shape index (κ3) is 3.80. The molecule has 3 aliphatic rings. The summed E-state index contributed by atoms with van der Waals surface area (Å²) in [5.41, 5.74) is 1.60. The molecule has 1 aromatic rings. The minimum Gasteiger partial charge on any atom is -0.367 e. The zero-order valence-corrected chi connectivity index (χ0v) is 15.9. The number of piperidine rings is 1. The zero-order valence-electron chi connectivity index (χ0n) is 15.9. The number of amides is 1. The molecule has 7 heteroatoms. The maximum absolute atomic E-state index is 12.8. The average Bonchev–Trinajstić information content (AvgIpc) is 2.93. The van der Waals surface area contributed by atoms with Gasteiger partial charge in [-0.3, -0.25) is 9.48 Å². The van der Waals surface area contributed by atoms with Gasteiger partial charge in [-0.05, 0) is 56.8 Å². The molecule has 4 rings (SSSR count). The summed E-state index contributed by atoms with van der Waals surface area (Å²) in [6, 6.07) is 2.09. The first-order valence-corrected chi connectivity index (χ1v) is 9.88. The molecule has 0 aliphatic carbocycles. The van der Waals surface area contributed by atoms with Crippen molar-refractivity contribution in [1.29, 1.82) is 0 Å². The Kier molecular flexibility index (Phi) is 4.79. The molecule has 3 N–H and O–H groups in total. The van der Waals surface area contributed by atoms with Gasteiger partial charge in [-0.25, -0.2) is 0 Å². The number of hydrogen-bond donors (Lipinski definition) is 3. The first kappa shape index (κ1) is 17.9. The number of ether oxygens (including phenoxy) is 1. The van der Waals surface area contributed by atoms with Crippen LogP contribution >= 0.6 is 0 Å². The van der Waals surface area contributed by atoms with Crippen LogP contribution in [0.25, 0.3) is 0 Å². The topological polar surface area (TPSA) is 80.2 Å². The van der Waals surface area contributed by atoms with Gasteiger partial charge in [0.1, 0.15) is 0 Å². The molecule has 1 unspecified atom stereocenters. The lowest BCUT2D eigenvalue weighted by atomic mass is 9.86. The van der Waals surface area contributed by atoms with E-state index in [2.05, 4.69) is 34.9 Å². The van der Waals surface area contributed by atoms with Gasteiger partial charge in [-0.15, -0.1) is 0 Å². The summed E-state index contributed by atoms with van der Waals surface area (Å²) in [5, 5.41) is 14.7. The molecule has 1 aromatic heterocycles. The first-order chi connectivity index (χ1) is 12.4. The molecule has 0 aromatic carbocycles. The van der Waals surface area contributed by atoms with E-state index >= 15 is 0 Å². The summed E-state index contributed by atoms with van der Waals surface area (Å²) >= 11 is 0. The van der Waals surface area contributed by atoms with E-state index in [0.717, 1.165) is 64.1 Å². The van der Waals surface area contributed by atoms with Gasteiger partial charge in [0.2, 0.25) is 0 Å². The van der Waals surface area contributed by atoms with E-state index < -0.39 is 0 Å². The fourth-order valence-corrected chi connectivity index (χ4v) is 4.48. The predicted octanol–water partition coefficient (Wildman–Crippen LogP) is 1.04. The van der Waals surface area contributed by atoms with Gasteiger partial charge in [0.25, 0.3) is 5.91 Å². The smallest absolute Gasteiger partial charge is 0.272 e. The first-order valence-electron chi connectivity index (χ1n) is 9.88. The number of rotatable bonds is 2. The third-order valence-electron chi connectivity index (χ3n) is 5.98. The molecule has 2 saturated heterocycles. The Morgan fingerprint density at radius 2 is 2.12 bits per heavy atom. The number of nitrogens with zero attached hydrogens (tertiary/aromatic N) is 2. The minimum atomic E-state index is -0.116. The SMILES string of the molecule is CC1(C)CNCCC(NC(=O)c2cc3n(n2)CC2(CCNCC2)OC3)C1. The Balaban J connectivity index is 1.43. The second-order valence-electron chi connectivity index (χ2n) is 8.90. The van der Waals surface area contributed by atoms with Crippen molar-refractivity contribution in [3.05, 3.63) is 17.5 Å². The molecule has 144 valence electrons. The second kappa shape index (κ2) is 6.94. The summed E-state index contributed by atoms with van der Waals surface area (Å²) in [4.78, 5) is 12.8. The molecule has 7 nitrogen and oxygen atoms in total. The molecule has 26 heavy (non-hydrogen) atoms. The minimum absolute atomic E-state index is 0.0611. The Morgan fingerprint density at radius 1 is 1.31 bits per heavy atom. The Morgan fingerprint density at radius 3 is 2.92 bits per heavy atom. The number of carbonyl (C=O) groups is 1. The van der Waals surface area contributed by atoms with Crippen LogP contribution in [0.1, 0.15) is 55.7 Å². The zero-order chi connectivity index (χ0) is 18.2. The molecule has 1 spiro atoms. The molecular formula is C19H31N5O2. The maximum Gasteiger partial charge on any atom is 0.272 e. The number of carbonyl (C=O) groups excluding carboxylic acids is 1. The molecule has 4 heterocycles. The Hall–Kier alpha value is -1.44. The summed E-state index contributed by atoms with van der Waals surface area (Å²) < 4.78 is 8.17. The van der Waals surface area contributed by atoms with Crippen molar-refractivity contribution >= 4 is 5.91 Å². The van der Waals surface area contributed by atoms with Crippen LogP contribution in [0, 0.1) is 5.41 Å². The van der Waals surface area contributed by atoms with Crippen LogP contribution in [0.15, 0.2) is 6.07 Å². The van der Waals surface area contributed by atoms with E-state index in [-0.39, 0.29) is 23.0 Å². The number of hydrogen-bond acceptors (Lipinski definition) is 5. The summed E-state index contributed by atoms with van der Waals surface area (Å²) in [7, 11) is 0. The van der Waals surface area contributed by atoms with Crippen molar-refractivity contribution < 1.29 is 9.53 Å². The molecule has 0 saturated carbocycles. The van der Waals surface area contributed by atoms with E-state index in [1.54, 1.807) is 0 Å². The van der Waals surface area contributed by atoms with Crippen molar-refractivity contribution in [2.45, 2.75) is 64.3 Å². The standard InChI is InChI=1S/C19H31N5O2/c1-18(2)10-14(3-6-21-12-18)22-17(25)16-9-15-11-26-19(13-24(15)23-16)4-7-20-8-5-19/h9,14,20-21H,3-8,10-13H2,1-2H3,(H,22,25). The highest BCUT2D eigenvalue weighted by Gasteiger charge is 2.38. The van der Waals surface area contributed by atoms with E-state index in [4.69, 9.17) is 4.74 Å². The maximum atomic E-state index is 12.8. The third-order valence-corrected chi connectivity index (χ3v) is 5.98. The monoisotopic (exact) mass is 361 g/mol. The highest BCUT2D eigenvalue weighted by molar-refractivity contribution is 5.92. The van der Waals surface area contributed by atoms with Gasteiger partial charge in [-0.2, -0.15) is 5.10 Å². The fourth-order valence-electron chi connectivity index (χ4n) is 4.48. The van der Waals surface area contributed by atoms with Crippen LogP contribution < -0.4 is 16.0 Å². The lowest BCUT2D eigenvalue weighted by Crippen LogP contribution is -2.49. The summed E-state index contributed by atoms with van der Waals surface area (Å²) in [6.07, 6.45) is 3.94. The van der Waals surface area contributed by atoms with Gasteiger partial charge >= 0.3 is 0 Å². The van der Waals surface area contributed by atoms with Crippen LogP contribution in [0.2, 0.25) is 0 Å². The van der Waals surface area contributed by atoms with Crippen LogP contribution in [-0.4, -0.2) is 53.5 Å². The normalized spacial score (nSPS) is 27.5. The second-order valence-corrected chi connectivity index (χ2v) is 8.90. The van der Waals surface area contributed by atoms with Crippen molar-refractivity contribution in [2.75, 3.05) is 26.2 Å². The lowest BCUT2D eigenvalue weighted by molar-refractivity contribution is -0.109. The van der Waals surface area contributed by atoms with Gasteiger partial charge < -0.3 is 20.7 Å². The predicted molar refractivity (Wildman–Crippen MR) is 99.0 cm³/mol. The summed E-state index contributed by atoms with van der Waals surface area (Å²) in [6.45, 7) is 9.68. The van der Waals surface area contributed by atoms with Gasteiger partial charge in [0, 0.05) is 12.6 Å². The molecule has 2 fully saturated rings. The van der Waals surface area contributed by atoms with Crippen LogP contribution in [0.4, 0.5) is 0 Å². The molecule has 3 aliphatic heterocycles. The Bertz CT molecular complexity index is 663. The van der Waals surface area contributed by atoms with Crippen LogP contribution in [-0.2, 0) is 17.9 Å². The van der Waals surface area contributed by atoms with E-state index in [1.807, 2.05) is 10.7 Å². The molecule has 0 bridgehead atoms. The molecule has 1 amide bonds. The largest absolute Gasteiger partial charge is 0.367 e. The highest BCUT2D eigenvalue weighted by atomic mass is 16.5. The van der Waals surface area contributed by atoms with Crippen molar-refractivity contribution in [3.63, 3.8) is 0 Å². The summed E-state index contributed by atoms with van der Waals surface area (Å²) in [5.74, 6) is -0.0611. The fraction of sp³-hybridized carbons (Fsp3) is 0.789. The molecule has 1 atom stereocenters. The molecule has 0 radical (unpaired) electrons. The lowest BCUT2D eigenvalue weighted by Gasteiger charge is -2.40. The molecular weight excluding hydrogens is 330 g/mol. The van der Waals surface area contributed by atoms with Crippen LogP contribution in [0.5, 0.6) is 0 Å². The van der Waals surface area contributed by atoms with Crippen molar-refractivity contribution in [2.24, 2.45) is 5.41 Å². The quantitative estimate of drug-likeness (QED) is 0.734. The number of aromatic nitrogens is 2. The van der Waals surface area contributed by atoms with Crippen molar-refractivity contribution in [3.8, 4) is 0 Å². The van der Waals surface area contributed by atoms with Gasteiger partial charge in [0.15, 0.2) is 5.69 Å². The average molecular weight is 361 g/mol. The number of nitrogens with one attached hydrogen (secondary N) is 3. The highest BCUT2D eigenvalue weighted by Crippen LogP contribution is 2.31.